The van der Waals surface area contributed by atoms with Gasteiger partial charge in [0.15, 0.2) is 0 Å². The van der Waals surface area contributed by atoms with Crippen molar-refractivity contribution < 1.29 is 0 Å². The molecule has 0 atom stereocenters. The molecule has 0 fully saturated rings. The van der Waals surface area contributed by atoms with Gasteiger partial charge >= 0.3 is 0 Å². The molecule has 0 amide bonds. The second-order valence-corrected chi connectivity index (χ2v) is 6.36. The summed E-state index contributed by atoms with van der Waals surface area (Å²) in [5.41, 5.74) is 3.21. The Bertz CT molecular complexity index is 1240. The van der Waals surface area contributed by atoms with Gasteiger partial charge in [-0.3, -0.25) is 14.0 Å². The van der Waals surface area contributed by atoms with Crippen molar-refractivity contribution in [3.8, 4) is 17.5 Å². The Hall–Kier alpha value is -3.58. The summed E-state index contributed by atoms with van der Waals surface area (Å²) in [4.78, 5) is 13.4. The van der Waals surface area contributed by atoms with Crippen molar-refractivity contribution in [3.05, 3.63) is 94.2 Å². The fraction of sp³-hybridized carbons (Fsp3) is 0.130. The van der Waals surface area contributed by atoms with Crippen LogP contribution in [-0.4, -0.2) is 14.3 Å². The summed E-state index contributed by atoms with van der Waals surface area (Å²) in [6.07, 6.45) is 2.62. The van der Waals surface area contributed by atoms with E-state index in [2.05, 4.69) is 29.9 Å². The van der Waals surface area contributed by atoms with Crippen molar-refractivity contribution in [2.45, 2.75) is 13.3 Å². The second kappa shape index (κ2) is 6.97. The van der Waals surface area contributed by atoms with Crippen molar-refractivity contribution in [3.63, 3.8) is 0 Å². The van der Waals surface area contributed by atoms with Gasteiger partial charge < -0.3 is 0 Å². The van der Waals surface area contributed by atoms with Gasteiger partial charge in [0.2, 0.25) is 0 Å². The fourth-order valence-electron chi connectivity index (χ4n) is 3.25. The number of aromatic nitrogens is 3. The summed E-state index contributed by atoms with van der Waals surface area (Å²) in [5.74, 6) is 6.19. The monoisotopic (exact) mass is 353 g/mol. The molecule has 0 aliphatic heterocycles. The fourth-order valence-corrected chi connectivity index (χ4v) is 3.25. The van der Waals surface area contributed by atoms with Crippen molar-refractivity contribution in [1.29, 1.82) is 0 Å². The quantitative estimate of drug-likeness (QED) is 0.516. The molecule has 0 bridgehead atoms. The topological polar surface area (TPSA) is 39.8 Å². The van der Waals surface area contributed by atoms with Gasteiger partial charge in [0.05, 0.1) is 5.39 Å². The molecular weight excluding hydrogens is 334 g/mol. The van der Waals surface area contributed by atoms with Gasteiger partial charge in [0.25, 0.3) is 5.56 Å². The highest BCUT2D eigenvalue weighted by Crippen LogP contribution is 2.19. The first kappa shape index (κ1) is 16.9. The average Bonchev–Trinajstić information content (AvgIpc) is 3.11. The number of para-hydroxylation sites is 1. The van der Waals surface area contributed by atoms with E-state index < -0.39 is 0 Å². The smallest absolute Gasteiger partial charge is 0.264 e. The minimum atomic E-state index is -0.0403. The molecule has 4 rings (SSSR count). The van der Waals surface area contributed by atoms with Crippen molar-refractivity contribution in [2.24, 2.45) is 7.05 Å². The van der Waals surface area contributed by atoms with Crippen LogP contribution in [0.5, 0.6) is 0 Å². The van der Waals surface area contributed by atoms with Gasteiger partial charge in [0.1, 0.15) is 5.69 Å². The first-order chi connectivity index (χ1) is 13.2. The molecule has 2 aromatic heterocycles. The lowest BCUT2D eigenvalue weighted by Gasteiger charge is -2.14. The zero-order chi connectivity index (χ0) is 18.8. The predicted octanol–water partition coefficient (Wildman–Crippen LogP) is 3.69. The number of hydrogen-bond donors (Lipinski definition) is 0. The van der Waals surface area contributed by atoms with Crippen molar-refractivity contribution in [2.75, 3.05) is 0 Å². The molecule has 4 aromatic rings. The molecule has 0 aliphatic carbocycles. The van der Waals surface area contributed by atoms with Gasteiger partial charge in [-0.2, -0.15) is 5.10 Å². The Morgan fingerprint density at radius 3 is 2.52 bits per heavy atom. The molecule has 0 saturated carbocycles. The van der Waals surface area contributed by atoms with Crippen LogP contribution in [-0.2, 0) is 13.5 Å². The molecular formula is C23H19N3O. The molecule has 0 radical (unpaired) electrons. The van der Waals surface area contributed by atoms with E-state index in [9.17, 15) is 4.79 Å². The van der Waals surface area contributed by atoms with Crippen LogP contribution < -0.4 is 5.56 Å². The Balaban J connectivity index is 1.98. The maximum Gasteiger partial charge on any atom is 0.264 e. The van der Waals surface area contributed by atoms with Crippen LogP contribution in [0.4, 0.5) is 0 Å². The normalized spacial score (nSPS) is 10.6. The lowest BCUT2D eigenvalue weighted by Crippen LogP contribution is -2.22. The summed E-state index contributed by atoms with van der Waals surface area (Å²) < 4.78 is 3.50. The Morgan fingerprint density at radius 2 is 1.81 bits per heavy atom. The molecule has 27 heavy (non-hydrogen) atoms. The predicted molar refractivity (Wildman–Crippen MR) is 108 cm³/mol. The highest BCUT2D eigenvalue weighted by Gasteiger charge is 2.12. The van der Waals surface area contributed by atoms with Gasteiger partial charge in [-0.25, -0.2) is 0 Å². The molecule has 2 aromatic carbocycles. The molecule has 4 nitrogen and oxygen atoms in total. The molecule has 0 aliphatic rings. The summed E-state index contributed by atoms with van der Waals surface area (Å²) in [5, 5.41) is 5.83. The van der Waals surface area contributed by atoms with E-state index in [-0.39, 0.29) is 5.56 Å². The van der Waals surface area contributed by atoms with Crippen molar-refractivity contribution in [1.82, 2.24) is 14.3 Å². The van der Waals surface area contributed by atoms with E-state index >= 15 is 0 Å². The lowest BCUT2D eigenvalue weighted by molar-refractivity contribution is 0.764. The summed E-state index contributed by atoms with van der Waals surface area (Å²) in [6.45, 7) is 2.06. The molecule has 4 heteroatoms. The van der Waals surface area contributed by atoms with E-state index in [1.165, 1.54) is 0 Å². The third kappa shape index (κ3) is 3.16. The summed E-state index contributed by atoms with van der Waals surface area (Å²) in [6, 6.07) is 19.5. The molecule has 132 valence electrons. The first-order valence-electron chi connectivity index (χ1n) is 8.92. The van der Waals surface area contributed by atoms with E-state index in [1.54, 1.807) is 9.25 Å². The minimum Gasteiger partial charge on any atom is -0.281 e. The lowest BCUT2D eigenvalue weighted by atomic mass is 10.0. The number of nitrogens with zero attached hydrogens (tertiary/aromatic N) is 3. The van der Waals surface area contributed by atoms with Gasteiger partial charge in [-0.15, -0.1) is 0 Å². The Labute approximate surface area is 157 Å². The summed E-state index contributed by atoms with van der Waals surface area (Å²) in [7, 11) is 1.86. The Morgan fingerprint density at radius 1 is 1.00 bits per heavy atom. The minimum absolute atomic E-state index is 0.0403. The number of fused-ring (bicyclic) bond motifs is 1. The van der Waals surface area contributed by atoms with Gasteiger partial charge in [-0.1, -0.05) is 43.2 Å². The van der Waals surface area contributed by atoms with Gasteiger partial charge in [-0.05, 0) is 48.1 Å². The number of pyridine rings is 1. The molecule has 0 spiro atoms. The molecule has 0 N–H and O–H groups in total. The third-order valence-electron chi connectivity index (χ3n) is 4.54. The van der Waals surface area contributed by atoms with Crippen LogP contribution in [0.25, 0.3) is 16.5 Å². The molecule has 0 saturated heterocycles. The van der Waals surface area contributed by atoms with Crippen LogP contribution in [0.15, 0.2) is 71.7 Å². The first-order valence-corrected chi connectivity index (χ1v) is 8.92. The average molecular weight is 353 g/mol. The highest BCUT2D eigenvalue weighted by atomic mass is 16.1. The Kier molecular flexibility index (Phi) is 4.35. The number of benzene rings is 2. The summed E-state index contributed by atoms with van der Waals surface area (Å²) >= 11 is 0. The molecule has 2 heterocycles. The number of hydrogen-bond acceptors (Lipinski definition) is 2. The standard InChI is InChI=1S/C23H19N3O/c1-3-20-16-18-9-7-8-17(12-13-19-14-15-25(2)24-19)22(18)23(27)26(20)21-10-5-4-6-11-21/h4-11,14-16H,3H2,1-2H3. The highest BCUT2D eigenvalue weighted by molar-refractivity contribution is 5.88. The maximum absolute atomic E-state index is 13.4. The molecule has 0 unspecified atom stereocenters. The third-order valence-corrected chi connectivity index (χ3v) is 4.54. The maximum atomic E-state index is 13.4. The van der Waals surface area contributed by atoms with E-state index in [1.807, 2.05) is 67.8 Å². The van der Waals surface area contributed by atoms with Gasteiger partial charge in [0, 0.05) is 30.2 Å². The number of aryl methyl sites for hydroxylation is 2. The van der Waals surface area contributed by atoms with Crippen LogP contribution in [0.3, 0.4) is 0 Å². The van der Waals surface area contributed by atoms with Crippen LogP contribution in [0.1, 0.15) is 23.9 Å². The van der Waals surface area contributed by atoms with Crippen molar-refractivity contribution >= 4 is 10.8 Å². The van der Waals surface area contributed by atoms with E-state index in [4.69, 9.17) is 0 Å². The zero-order valence-electron chi connectivity index (χ0n) is 15.3. The second-order valence-electron chi connectivity index (χ2n) is 6.36. The zero-order valence-corrected chi connectivity index (χ0v) is 15.3. The van der Waals surface area contributed by atoms with E-state index in [0.29, 0.717) is 11.1 Å². The van der Waals surface area contributed by atoms with E-state index in [0.717, 1.165) is 28.8 Å². The largest absolute Gasteiger partial charge is 0.281 e. The van der Waals surface area contributed by atoms with Crippen LogP contribution in [0.2, 0.25) is 0 Å². The number of rotatable bonds is 2. The SMILES string of the molecule is CCc1cc2cccc(C#Cc3ccn(C)n3)c2c(=O)n1-c1ccccc1. The van der Waals surface area contributed by atoms with Crippen LogP contribution >= 0.6 is 0 Å². The van der Waals surface area contributed by atoms with Crippen LogP contribution in [0, 0.1) is 11.8 Å².